The number of halogens is 1. The number of aliphatic hydroxyl groups is 1. The van der Waals surface area contributed by atoms with Gasteiger partial charge in [0, 0.05) is 4.47 Å². The van der Waals surface area contributed by atoms with E-state index in [9.17, 15) is 0 Å². The second-order valence-electron chi connectivity index (χ2n) is 2.58. The van der Waals surface area contributed by atoms with Crippen molar-refractivity contribution >= 4 is 15.9 Å². The van der Waals surface area contributed by atoms with Gasteiger partial charge >= 0.3 is 0 Å². The molecule has 0 aliphatic rings. The van der Waals surface area contributed by atoms with Crippen molar-refractivity contribution in [3.63, 3.8) is 0 Å². The predicted octanol–water partition coefficient (Wildman–Crippen LogP) is 1.70. The quantitative estimate of drug-likeness (QED) is 0.828. The number of rotatable bonds is 3. The molecule has 0 saturated carbocycles. The highest BCUT2D eigenvalue weighted by Crippen LogP contribution is 2.17. The third-order valence-electron chi connectivity index (χ3n) is 1.78. The molecule has 0 spiro atoms. The minimum atomic E-state index is 0.0301. The van der Waals surface area contributed by atoms with E-state index in [1.165, 1.54) is 0 Å². The van der Waals surface area contributed by atoms with Gasteiger partial charge in [-0.3, -0.25) is 0 Å². The fourth-order valence-corrected chi connectivity index (χ4v) is 1.50. The lowest BCUT2D eigenvalue weighted by molar-refractivity contribution is 0.251. The first-order valence-corrected chi connectivity index (χ1v) is 4.61. The van der Waals surface area contributed by atoms with Crippen molar-refractivity contribution in [1.29, 1.82) is 0 Å². The molecule has 1 aromatic carbocycles. The number of hydrogen-bond donors (Lipinski definition) is 2. The SMILES string of the molecule is CN[C@H](CO)c1cccc(Br)c1. The average Bonchev–Trinajstić information content (AvgIpc) is 2.07. The lowest BCUT2D eigenvalue weighted by Crippen LogP contribution is -2.19. The Hall–Kier alpha value is -0.380. The maximum absolute atomic E-state index is 8.99. The van der Waals surface area contributed by atoms with Gasteiger partial charge < -0.3 is 10.4 Å². The van der Waals surface area contributed by atoms with E-state index in [0.29, 0.717) is 0 Å². The van der Waals surface area contributed by atoms with Crippen molar-refractivity contribution in [2.45, 2.75) is 6.04 Å². The molecular weight excluding hydrogens is 218 g/mol. The van der Waals surface area contributed by atoms with Gasteiger partial charge in [-0.1, -0.05) is 28.1 Å². The molecule has 0 amide bonds. The molecule has 1 aromatic rings. The van der Waals surface area contributed by atoms with Crippen LogP contribution in [0.3, 0.4) is 0 Å². The Balaban J connectivity index is 2.85. The van der Waals surface area contributed by atoms with Gasteiger partial charge in [0.2, 0.25) is 0 Å². The molecule has 12 heavy (non-hydrogen) atoms. The van der Waals surface area contributed by atoms with Gasteiger partial charge in [-0.2, -0.15) is 0 Å². The van der Waals surface area contributed by atoms with Crippen molar-refractivity contribution in [3.8, 4) is 0 Å². The van der Waals surface area contributed by atoms with Gasteiger partial charge in [-0.05, 0) is 24.7 Å². The van der Waals surface area contributed by atoms with Gasteiger partial charge in [0.25, 0.3) is 0 Å². The summed E-state index contributed by atoms with van der Waals surface area (Å²) in [4.78, 5) is 0. The first-order chi connectivity index (χ1) is 5.77. The summed E-state index contributed by atoms with van der Waals surface area (Å²) in [6, 6.07) is 7.94. The monoisotopic (exact) mass is 229 g/mol. The molecule has 0 heterocycles. The van der Waals surface area contributed by atoms with Gasteiger partial charge in [0.15, 0.2) is 0 Å². The maximum Gasteiger partial charge on any atom is 0.0626 e. The zero-order chi connectivity index (χ0) is 8.97. The number of benzene rings is 1. The highest BCUT2D eigenvalue weighted by atomic mass is 79.9. The first kappa shape index (κ1) is 9.71. The van der Waals surface area contributed by atoms with Crippen molar-refractivity contribution in [3.05, 3.63) is 34.3 Å². The molecule has 1 rings (SSSR count). The summed E-state index contributed by atoms with van der Waals surface area (Å²) in [5, 5.41) is 12.0. The Morgan fingerprint density at radius 2 is 2.33 bits per heavy atom. The van der Waals surface area contributed by atoms with E-state index in [2.05, 4.69) is 21.2 Å². The third kappa shape index (κ3) is 2.30. The average molecular weight is 230 g/mol. The van der Waals surface area contributed by atoms with Crippen LogP contribution in [0.5, 0.6) is 0 Å². The number of aliphatic hydroxyl groups excluding tert-OH is 1. The molecule has 0 aromatic heterocycles. The Labute approximate surface area is 80.7 Å². The summed E-state index contributed by atoms with van der Waals surface area (Å²) in [6.45, 7) is 0.118. The van der Waals surface area contributed by atoms with Gasteiger partial charge in [0.1, 0.15) is 0 Å². The highest BCUT2D eigenvalue weighted by Gasteiger charge is 2.06. The molecule has 0 radical (unpaired) electrons. The Kier molecular flexibility index (Phi) is 3.72. The summed E-state index contributed by atoms with van der Waals surface area (Å²) in [7, 11) is 1.84. The highest BCUT2D eigenvalue weighted by molar-refractivity contribution is 9.10. The Morgan fingerprint density at radius 1 is 1.58 bits per heavy atom. The normalized spacial score (nSPS) is 12.9. The molecule has 0 fully saturated rings. The summed E-state index contributed by atoms with van der Waals surface area (Å²) in [6.07, 6.45) is 0. The van der Waals surface area contributed by atoms with Crippen molar-refractivity contribution < 1.29 is 5.11 Å². The van der Waals surface area contributed by atoms with Crippen LogP contribution in [0, 0.1) is 0 Å². The standard InChI is InChI=1S/C9H12BrNO/c1-11-9(6-12)7-3-2-4-8(10)5-7/h2-5,9,11-12H,6H2,1H3/t9-/m1/s1. The van der Waals surface area contributed by atoms with E-state index in [-0.39, 0.29) is 12.6 Å². The number of likely N-dealkylation sites (N-methyl/N-ethyl adjacent to an activating group) is 1. The fourth-order valence-electron chi connectivity index (χ4n) is 1.09. The second kappa shape index (κ2) is 4.60. The van der Waals surface area contributed by atoms with Crippen LogP contribution in [0.1, 0.15) is 11.6 Å². The number of nitrogens with one attached hydrogen (secondary N) is 1. The number of hydrogen-bond acceptors (Lipinski definition) is 2. The Bertz CT molecular complexity index is 248. The molecule has 1 atom stereocenters. The van der Waals surface area contributed by atoms with E-state index in [1.54, 1.807) is 0 Å². The summed E-state index contributed by atoms with van der Waals surface area (Å²) in [5.41, 5.74) is 1.09. The lowest BCUT2D eigenvalue weighted by Gasteiger charge is -2.13. The van der Waals surface area contributed by atoms with Crippen LogP contribution in [-0.2, 0) is 0 Å². The van der Waals surface area contributed by atoms with E-state index in [0.717, 1.165) is 10.0 Å². The Morgan fingerprint density at radius 3 is 2.83 bits per heavy atom. The molecule has 66 valence electrons. The van der Waals surface area contributed by atoms with Crippen LogP contribution in [0.15, 0.2) is 28.7 Å². The zero-order valence-electron chi connectivity index (χ0n) is 6.92. The van der Waals surface area contributed by atoms with Gasteiger partial charge in [-0.25, -0.2) is 0 Å². The minimum Gasteiger partial charge on any atom is -0.394 e. The van der Waals surface area contributed by atoms with E-state index in [4.69, 9.17) is 5.11 Å². The third-order valence-corrected chi connectivity index (χ3v) is 2.28. The molecule has 0 bridgehead atoms. The lowest BCUT2D eigenvalue weighted by atomic mass is 10.1. The molecule has 0 aliphatic carbocycles. The zero-order valence-corrected chi connectivity index (χ0v) is 8.51. The molecular formula is C9H12BrNO. The first-order valence-electron chi connectivity index (χ1n) is 3.81. The fraction of sp³-hybridized carbons (Fsp3) is 0.333. The second-order valence-corrected chi connectivity index (χ2v) is 3.49. The van der Waals surface area contributed by atoms with E-state index >= 15 is 0 Å². The van der Waals surface area contributed by atoms with Crippen LogP contribution in [0.2, 0.25) is 0 Å². The van der Waals surface area contributed by atoms with Crippen molar-refractivity contribution in [2.24, 2.45) is 0 Å². The van der Waals surface area contributed by atoms with Crippen molar-refractivity contribution in [2.75, 3.05) is 13.7 Å². The maximum atomic E-state index is 8.99. The molecule has 0 aliphatic heterocycles. The molecule has 2 nitrogen and oxygen atoms in total. The van der Waals surface area contributed by atoms with Crippen LogP contribution in [-0.4, -0.2) is 18.8 Å². The minimum absolute atomic E-state index is 0.0301. The largest absolute Gasteiger partial charge is 0.394 e. The van der Waals surface area contributed by atoms with Gasteiger partial charge in [0.05, 0.1) is 12.6 Å². The summed E-state index contributed by atoms with van der Waals surface area (Å²) in [5.74, 6) is 0. The topological polar surface area (TPSA) is 32.3 Å². The molecule has 3 heteroatoms. The summed E-state index contributed by atoms with van der Waals surface area (Å²) < 4.78 is 1.04. The molecule has 0 unspecified atom stereocenters. The summed E-state index contributed by atoms with van der Waals surface area (Å²) >= 11 is 3.38. The van der Waals surface area contributed by atoms with E-state index in [1.807, 2.05) is 31.3 Å². The van der Waals surface area contributed by atoms with E-state index < -0.39 is 0 Å². The molecule has 0 saturated heterocycles. The van der Waals surface area contributed by atoms with Crippen molar-refractivity contribution in [1.82, 2.24) is 5.32 Å². The van der Waals surface area contributed by atoms with Crippen LogP contribution in [0.25, 0.3) is 0 Å². The predicted molar refractivity (Wildman–Crippen MR) is 53.0 cm³/mol. The van der Waals surface area contributed by atoms with Crippen LogP contribution in [0.4, 0.5) is 0 Å². The van der Waals surface area contributed by atoms with Crippen LogP contribution >= 0.6 is 15.9 Å². The van der Waals surface area contributed by atoms with Gasteiger partial charge in [-0.15, -0.1) is 0 Å². The smallest absolute Gasteiger partial charge is 0.0626 e. The van der Waals surface area contributed by atoms with Crippen LogP contribution < -0.4 is 5.32 Å². The molecule has 2 N–H and O–H groups in total.